The molecule has 1 unspecified atom stereocenters. The highest BCUT2D eigenvalue weighted by molar-refractivity contribution is 8.00. The van der Waals surface area contributed by atoms with E-state index in [0.717, 1.165) is 12.3 Å². The van der Waals surface area contributed by atoms with Gasteiger partial charge in [0.1, 0.15) is 0 Å². The molecule has 0 fully saturated rings. The summed E-state index contributed by atoms with van der Waals surface area (Å²) in [4.78, 5) is 14.3. The molecule has 0 saturated heterocycles. The van der Waals surface area contributed by atoms with E-state index >= 15 is 0 Å². The van der Waals surface area contributed by atoms with Gasteiger partial charge in [0.2, 0.25) is 0 Å². The number of rotatable bonds is 6. The third-order valence-electron chi connectivity index (χ3n) is 2.47. The van der Waals surface area contributed by atoms with Gasteiger partial charge in [0.05, 0.1) is 10.3 Å². The van der Waals surface area contributed by atoms with Crippen molar-refractivity contribution in [2.45, 2.75) is 12.2 Å². The van der Waals surface area contributed by atoms with Crippen molar-refractivity contribution in [3.05, 3.63) is 33.8 Å². The van der Waals surface area contributed by atoms with Gasteiger partial charge in [-0.05, 0) is 39.2 Å². The average molecular weight is 306 g/mol. The number of nitrogens with zero attached hydrogens (tertiary/aromatic N) is 1. The Hall–Kier alpha value is -0.220. The standard InChI is InChI=1S/C13H17Cl2NOS/c1-9(18-7-6-16(2)3)13(17)11-5-4-10(14)8-12(11)15/h4-5,8-9H,6-7H2,1-3H3. The van der Waals surface area contributed by atoms with Gasteiger partial charge in [-0.15, -0.1) is 11.8 Å². The SMILES string of the molecule is CC(SCCN(C)C)C(=O)c1ccc(Cl)cc1Cl. The van der Waals surface area contributed by atoms with E-state index in [1.165, 1.54) is 0 Å². The van der Waals surface area contributed by atoms with E-state index < -0.39 is 0 Å². The van der Waals surface area contributed by atoms with E-state index in [1.54, 1.807) is 30.0 Å². The molecule has 18 heavy (non-hydrogen) atoms. The van der Waals surface area contributed by atoms with Crippen LogP contribution in [0.2, 0.25) is 10.0 Å². The van der Waals surface area contributed by atoms with Crippen molar-refractivity contribution in [2.24, 2.45) is 0 Å². The molecule has 100 valence electrons. The van der Waals surface area contributed by atoms with Gasteiger partial charge in [-0.25, -0.2) is 0 Å². The summed E-state index contributed by atoms with van der Waals surface area (Å²) in [5, 5.41) is 0.876. The lowest BCUT2D eigenvalue weighted by atomic mass is 10.1. The maximum Gasteiger partial charge on any atom is 0.177 e. The highest BCUT2D eigenvalue weighted by atomic mass is 35.5. The van der Waals surface area contributed by atoms with Crippen LogP contribution in [0.4, 0.5) is 0 Å². The Morgan fingerprint density at radius 1 is 1.39 bits per heavy atom. The summed E-state index contributed by atoms with van der Waals surface area (Å²) >= 11 is 13.5. The lowest BCUT2D eigenvalue weighted by Gasteiger charge is -2.13. The first kappa shape index (κ1) is 15.8. The van der Waals surface area contributed by atoms with Crippen LogP contribution in [0.1, 0.15) is 17.3 Å². The molecule has 0 bridgehead atoms. The lowest BCUT2D eigenvalue weighted by molar-refractivity contribution is 0.0994. The van der Waals surface area contributed by atoms with Crippen LogP contribution >= 0.6 is 35.0 Å². The van der Waals surface area contributed by atoms with E-state index in [1.807, 2.05) is 21.0 Å². The monoisotopic (exact) mass is 305 g/mol. The third kappa shape index (κ3) is 4.81. The maximum atomic E-state index is 12.2. The van der Waals surface area contributed by atoms with Gasteiger partial charge in [-0.2, -0.15) is 0 Å². The highest BCUT2D eigenvalue weighted by Crippen LogP contribution is 2.25. The molecular formula is C13H17Cl2NOS. The summed E-state index contributed by atoms with van der Waals surface area (Å²) in [5.74, 6) is 0.978. The van der Waals surface area contributed by atoms with Crippen molar-refractivity contribution in [1.29, 1.82) is 0 Å². The van der Waals surface area contributed by atoms with Crippen LogP contribution in [0, 0.1) is 0 Å². The first-order valence-electron chi connectivity index (χ1n) is 5.67. The topological polar surface area (TPSA) is 20.3 Å². The number of hydrogen-bond acceptors (Lipinski definition) is 3. The molecule has 0 spiro atoms. The summed E-state index contributed by atoms with van der Waals surface area (Å²) in [7, 11) is 4.03. The summed E-state index contributed by atoms with van der Waals surface area (Å²) in [6, 6.07) is 4.99. The Kier molecular flexibility index (Phi) is 6.50. The minimum atomic E-state index is -0.0939. The van der Waals surface area contributed by atoms with Crippen molar-refractivity contribution in [2.75, 3.05) is 26.4 Å². The Morgan fingerprint density at radius 2 is 2.06 bits per heavy atom. The molecule has 1 aromatic rings. The maximum absolute atomic E-state index is 12.2. The molecule has 1 rings (SSSR count). The van der Waals surface area contributed by atoms with Gasteiger partial charge in [-0.1, -0.05) is 23.2 Å². The molecule has 0 aliphatic rings. The van der Waals surface area contributed by atoms with Crippen LogP contribution in [-0.2, 0) is 0 Å². The normalized spacial score (nSPS) is 12.8. The largest absolute Gasteiger partial charge is 0.309 e. The Bertz CT molecular complexity index is 423. The van der Waals surface area contributed by atoms with Crippen LogP contribution in [-0.4, -0.2) is 42.3 Å². The number of ketones is 1. The number of carbonyl (C=O) groups is 1. The molecule has 0 saturated carbocycles. The van der Waals surface area contributed by atoms with Gasteiger partial charge in [-0.3, -0.25) is 4.79 Å². The van der Waals surface area contributed by atoms with Crippen LogP contribution in [0.3, 0.4) is 0 Å². The van der Waals surface area contributed by atoms with Crippen molar-refractivity contribution in [3.8, 4) is 0 Å². The second-order valence-corrected chi connectivity index (χ2v) is 6.60. The summed E-state index contributed by atoms with van der Waals surface area (Å²) in [6.07, 6.45) is 0. The van der Waals surface area contributed by atoms with Gasteiger partial charge in [0.15, 0.2) is 5.78 Å². The molecule has 0 amide bonds. The second kappa shape index (κ2) is 7.39. The van der Waals surface area contributed by atoms with Gasteiger partial charge < -0.3 is 4.90 Å². The van der Waals surface area contributed by atoms with Crippen molar-refractivity contribution >= 4 is 40.7 Å². The van der Waals surface area contributed by atoms with Gasteiger partial charge in [0.25, 0.3) is 0 Å². The Balaban J connectivity index is 2.63. The van der Waals surface area contributed by atoms with Crippen LogP contribution in [0.25, 0.3) is 0 Å². The first-order valence-corrected chi connectivity index (χ1v) is 7.48. The van der Waals surface area contributed by atoms with Crippen LogP contribution in [0.15, 0.2) is 18.2 Å². The molecule has 1 atom stereocenters. The zero-order valence-corrected chi connectivity index (χ0v) is 13.1. The van der Waals surface area contributed by atoms with E-state index in [2.05, 4.69) is 4.90 Å². The predicted octanol–water partition coefficient (Wildman–Crippen LogP) is 3.86. The van der Waals surface area contributed by atoms with Crippen molar-refractivity contribution in [1.82, 2.24) is 4.90 Å². The fourth-order valence-electron chi connectivity index (χ4n) is 1.40. The zero-order valence-electron chi connectivity index (χ0n) is 10.7. The highest BCUT2D eigenvalue weighted by Gasteiger charge is 2.18. The average Bonchev–Trinajstić information content (AvgIpc) is 2.27. The molecule has 0 N–H and O–H groups in total. The molecule has 5 heteroatoms. The Morgan fingerprint density at radius 3 is 2.61 bits per heavy atom. The smallest absolute Gasteiger partial charge is 0.177 e. The molecule has 1 aromatic carbocycles. The number of halogens is 2. The first-order chi connectivity index (χ1) is 8.41. The predicted molar refractivity (Wildman–Crippen MR) is 81.3 cm³/mol. The van der Waals surface area contributed by atoms with Crippen LogP contribution < -0.4 is 0 Å². The molecule has 0 heterocycles. The third-order valence-corrected chi connectivity index (χ3v) is 4.15. The molecule has 0 radical (unpaired) electrons. The fourth-order valence-corrected chi connectivity index (χ4v) is 3.00. The van der Waals surface area contributed by atoms with E-state index in [4.69, 9.17) is 23.2 Å². The van der Waals surface area contributed by atoms with Crippen molar-refractivity contribution in [3.63, 3.8) is 0 Å². The van der Waals surface area contributed by atoms with Gasteiger partial charge >= 0.3 is 0 Å². The summed E-state index contributed by atoms with van der Waals surface area (Å²) in [6.45, 7) is 2.87. The molecule has 0 aliphatic carbocycles. The van der Waals surface area contributed by atoms with Crippen molar-refractivity contribution < 1.29 is 4.79 Å². The van der Waals surface area contributed by atoms with E-state index in [9.17, 15) is 4.79 Å². The number of hydrogen-bond donors (Lipinski definition) is 0. The zero-order chi connectivity index (χ0) is 13.7. The number of benzene rings is 1. The Labute approximate surface area is 123 Å². The van der Waals surface area contributed by atoms with Crippen LogP contribution in [0.5, 0.6) is 0 Å². The fraction of sp³-hybridized carbons (Fsp3) is 0.462. The van der Waals surface area contributed by atoms with E-state index in [-0.39, 0.29) is 11.0 Å². The minimum Gasteiger partial charge on any atom is -0.309 e. The molecule has 0 aromatic heterocycles. The number of thioether (sulfide) groups is 1. The molecule has 0 aliphatic heterocycles. The summed E-state index contributed by atoms with van der Waals surface area (Å²) < 4.78 is 0. The second-order valence-electron chi connectivity index (χ2n) is 4.30. The van der Waals surface area contributed by atoms with Gasteiger partial charge in [0, 0.05) is 22.9 Å². The quantitative estimate of drug-likeness (QED) is 0.744. The molecule has 2 nitrogen and oxygen atoms in total. The summed E-state index contributed by atoms with van der Waals surface area (Å²) in [5.41, 5.74) is 0.547. The molecular weight excluding hydrogens is 289 g/mol. The number of carbonyl (C=O) groups excluding carboxylic acids is 1. The van der Waals surface area contributed by atoms with E-state index in [0.29, 0.717) is 15.6 Å². The lowest BCUT2D eigenvalue weighted by Crippen LogP contribution is -2.19. The minimum absolute atomic E-state index is 0.0559. The number of Topliss-reactive ketones (excluding diaryl/α,β-unsaturated/α-hetero) is 1.